The van der Waals surface area contributed by atoms with Crippen molar-refractivity contribution in [3.63, 3.8) is 0 Å². The molecule has 0 aliphatic heterocycles. The van der Waals surface area contributed by atoms with Crippen molar-refractivity contribution in [1.29, 1.82) is 0 Å². The number of esters is 1. The molecule has 0 saturated heterocycles. The molecular weight excluding hydrogens is 368 g/mol. The van der Waals surface area contributed by atoms with Crippen molar-refractivity contribution in [1.82, 2.24) is 0 Å². The van der Waals surface area contributed by atoms with Crippen LogP contribution in [-0.2, 0) is 14.3 Å². The van der Waals surface area contributed by atoms with Gasteiger partial charge in [-0.15, -0.1) is 0 Å². The van der Waals surface area contributed by atoms with Crippen molar-refractivity contribution in [3.8, 4) is 0 Å². The molecule has 168 valence electrons. The number of carbonyl (C=O) groups excluding carboxylic acids is 1. The zero-order valence-corrected chi connectivity index (χ0v) is 18.6. The summed E-state index contributed by atoms with van der Waals surface area (Å²) < 4.78 is 10.7. The van der Waals surface area contributed by atoms with E-state index < -0.39 is 12.2 Å². The van der Waals surface area contributed by atoms with E-state index in [-0.39, 0.29) is 23.9 Å². The molecule has 0 heterocycles. The normalized spacial score (nSPS) is 25.8. The first-order valence-corrected chi connectivity index (χ1v) is 11.4. The summed E-state index contributed by atoms with van der Waals surface area (Å²) in [6, 6.07) is 0. The zero-order valence-electron chi connectivity index (χ0n) is 18.6. The molecule has 5 nitrogen and oxygen atoms in total. The SMILES string of the molecule is CCCCCC(O)C=CC1C(OCCC)CC(O)C1CC=CCCCC(=O)OC. The minimum Gasteiger partial charge on any atom is -0.469 e. The molecule has 5 unspecified atom stereocenters. The van der Waals surface area contributed by atoms with Gasteiger partial charge in [-0.3, -0.25) is 4.79 Å². The molecule has 0 spiro atoms. The number of carbonyl (C=O) groups is 1. The lowest BCUT2D eigenvalue weighted by Crippen LogP contribution is -2.22. The molecule has 1 saturated carbocycles. The Morgan fingerprint density at radius 2 is 1.97 bits per heavy atom. The van der Waals surface area contributed by atoms with E-state index in [0.717, 1.165) is 51.4 Å². The van der Waals surface area contributed by atoms with Gasteiger partial charge in [0.2, 0.25) is 0 Å². The molecule has 0 aromatic rings. The highest BCUT2D eigenvalue weighted by molar-refractivity contribution is 5.69. The average molecular weight is 411 g/mol. The van der Waals surface area contributed by atoms with Crippen LogP contribution in [0.1, 0.15) is 78.1 Å². The summed E-state index contributed by atoms with van der Waals surface area (Å²) in [5, 5.41) is 20.9. The fourth-order valence-corrected chi connectivity index (χ4v) is 3.93. The first kappa shape index (κ1) is 25.9. The Hall–Kier alpha value is -1.17. The van der Waals surface area contributed by atoms with Crippen LogP contribution in [0.5, 0.6) is 0 Å². The molecule has 5 atom stereocenters. The number of unbranched alkanes of at least 4 members (excludes halogenated alkanes) is 3. The third-order valence-electron chi connectivity index (χ3n) is 5.64. The van der Waals surface area contributed by atoms with E-state index in [0.29, 0.717) is 19.4 Å². The van der Waals surface area contributed by atoms with Crippen molar-refractivity contribution in [2.45, 2.75) is 96.4 Å². The largest absolute Gasteiger partial charge is 0.469 e. The molecule has 0 aromatic heterocycles. The van der Waals surface area contributed by atoms with Crippen LogP contribution < -0.4 is 0 Å². The smallest absolute Gasteiger partial charge is 0.305 e. The van der Waals surface area contributed by atoms with Crippen molar-refractivity contribution in [2.75, 3.05) is 13.7 Å². The Labute approximate surface area is 177 Å². The topological polar surface area (TPSA) is 76.0 Å². The zero-order chi connectivity index (χ0) is 21.5. The lowest BCUT2D eigenvalue weighted by molar-refractivity contribution is -0.140. The number of aliphatic hydroxyl groups is 2. The second-order valence-corrected chi connectivity index (χ2v) is 8.08. The third kappa shape index (κ3) is 10.4. The molecule has 0 amide bonds. The summed E-state index contributed by atoms with van der Waals surface area (Å²) in [5.41, 5.74) is 0. The second kappa shape index (κ2) is 15.6. The third-order valence-corrected chi connectivity index (χ3v) is 5.64. The lowest BCUT2D eigenvalue weighted by Gasteiger charge is -2.22. The second-order valence-electron chi connectivity index (χ2n) is 8.08. The summed E-state index contributed by atoms with van der Waals surface area (Å²) >= 11 is 0. The van der Waals surface area contributed by atoms with E-state index in [1.165, 1.54) is 7.11 Å². The maximum atomic E-state index is 11.2. The Morgan fingerprint density at radius 3 is 2.66 bits per heavy atom. The average Bonchev–Trinajstić information content (AvgIpc) is 3.01. The summed E-state index contributed by atoms with van der Waals surface area (Å²) in [4.78, 5) is 11.2. The molecule has 1 aliphatic carbocycles. The van der Waals surface area contributed by atoms with Gasteiger partial charge in [0.15, 0.2) is 0 Å². The first-order chi connectivity index (χ1) is 14.0. The highest BCUT2D eigenvalue weighted by atomic mass is 16.5. The van der Waals surface area contributed by atoms with Gasteiger partial charge in [0, 0.05) is 25.4 Å². The summed E-state index contributed by atoms with van der Waals surface area (Å²) in [5.74, 6) is 0.0214. The van der Waals surface area contributed by atoms with E-state index in [4.69, 9.17) is 4.74 Å². The maximum absolute atomic E-state index is 11.2. The standard InChI is InChI=1S/C24H42O5/c1-4-6-9-12-19(25)15-16-21-20(22(26)18-23(21)29-17-5-2)13-10-7-8-11-14-24(27)28-3/h7,10,15-16,19-23,25-26H,4-6,8-9,11-14,17-18H2,1-3H3. The first-order valence-electron chi connectivity index (χ1n) is 11.4. The van der Waals surface area contributed by atoms with Gasteiger partial charge in [0.05, 0.1) is 25.4 Å². The Kier molecular flexibility index (Phi) is 14.0. The molecule has 29 heavy (non-hydrogen) atoms. The molecular formula is C24H42O5. The van der Waals surface area contributed by atoms with Crippen LogP contribution in [0.15, 0.2) is 24.3 Å². The fourth-order valence-electron chi connectivity index (χ4n) is 3.93. The van der Waals surface area contributed by atoms with Crippen LogP contribution >= 0.6 is 0 Å². The van der Waals surface area contributed by atoms with E-state index in [1.807, 2.05) is 6.08 Å². The van der Waals surface area contributed by atoms with E-state index in [2.05, 4.69) is 36.8 Å². The predicted molar refractivity (Wildman–Crippen MR) is 117 cm³/mol. The number of allylic oxidation sites excluding steroid dienone is 2. The van der Waals surface area contributed by atoms with Gasteiger partial charge in [-0.05, 0) is 38.0 Å². The van der Waals surface area contributed by atoms with Crippen LogP contribution in [0.3, 0.4) is 0 Å². The van der Waals surface area contributed by atoms with Gasteiger partial charge < -0.3 is 19.7 Å². The Balaban J connectivity index is 2.61. The van der Waals surface area contributed by atoms with Gasteiger partial charge in [-0.25, -0.2) is 0 Å². The van der Waals surface area contributed by atoms with Gasteiger partial charge in [-0.1, -0.05) is 57.4 Å². The van der Waals surface area contributed by atoms with Gasteiger partial charge in [0.25, 0.3) is 0 Å². The monoisotopic (exact) mass is 410 g/mol. The molecule has 1 rings (SSSR count). The number of aliphatic hydroxyl groups excluding tert-OH is 2. The van der Waals surface area contributed by atoms with Crippen LogP contribution in [-0.4, -0.2) is 48.2 Å². The van der Waals surface area contributed by atoms with Gasteiger partial charge >= 0.3 is 5.97 Å². The van der Waals surface area contributed by atoms with Crippen LogP contribution in [0.25, 0.3) is 0 Å². The number of hydrogen-bond donors (Lipinski definition) is 2. The van der Waals surface area contributed by atoms with Crippen molar-refractivity contribution in [3.05, 3.63) is 24.3 Å². The van der Waals surface area contributed by atoms with Crippen LogP contribution in [0.2, 0.25) is 0 Å². The summed E-state index contributed by atoms with van der Waals surface area (Å²) in [7, 11) is 1.41. The predicted octanol–water partition coefficient (Wildman–Crippen LogP) is 4.57. The molecule has 1 aliphatic rings. The van der Waals surface area contributed by atoms with Crippen LogP contribution in [0, 0.1) is 11.8 Å². The molecule has 0 radical (unpaired) electrons. The minimum atomic E-state index is -0.430. The fraction of sp³-hybridized carbons (Fsp3) is 0.792. The Bertz CT molecular complexity index is 488. The molecule has 0 aromatic carbocycles. The van der Waals surface area contributed by atoms with Crippen molar-refractivity contribution < 1.29 is 24.5 Å². The number of hydrogen-bond acceptors (Lipinski definition) is 5. The number of rotatable bonds is 15. The maximum Gasteiger partial charge on any atom is 0.305 e. The van der Waals surface area contributed by atoms with E-state index in [9.17, 15) is 15.0 Å². The van der Waals surface area contributed by atoms with Gasteiger partial charge in [0.1, 0.15) is 0 Å². The minimum absolute atomic E-state index is 0.00164. The van der Waals surface area contributed by atoms with Crippen molar-refractivity contribution in [2.24, 2.45) is 11.8 Å². The molecule has 5 heteroatoms. The molecule has 2 N–H and O–H groups in total. The Morgan fingerprint density at radius 1 is 1.17 bits per heavy atom. The highest BCUT2D eigenvalue weighted by Crippen LogP contribution is 2.38. The van der Waals surface area contributed by atoms with Gasteiger partial charge in [-0.2, -0.15) is 0 Å². The summed E-state index contributed by atoms with van der Waals surface area (Å²) in [6.45, 7) is 4.94. The summed E-state index contributed by atoms with van der Waals surface area (Å²) in [6.07, 6.45) is 15.8. The van der Waals surface area contributed by atoms with E-state index >= 15 is 0 Å². The highest BCUT2D eigenvalue weighted by Gasteiger charge is 2.40. The van der Waals surface area contributed by atoms with Crippen molar-refractivity contribution >= 4 is 5.97 Å². The molecule has 1 fully saturated rings. The lowest BCUT2D eigenvalue weighted by atomic mass is 9.89. The quantitative estimate of drug-likeness (QED) is 0.235. The molecule has 0 bridgehead atoms. The number of methoxy groups -OCH3 is 1. The van der Waals surface area contributed by atoms with Crippen LogP contribution in [0.4, 0.5) is 0 Å². The van der Waals surface area contributed by atoms with E-state index in [1.54, 1.807) is 0 Å². The number of ether oxygens (including phenoxy) is 2.